The lowest BCUT2D eigenvalue weighted by Gasteiger charge is -2.02. The Balaban J connectivity index is 2.09. The van der Waals surface area contributed by atoms with Gasteiger partial charge in [-0.2, -0.15) is 13.5 Å². The van der Waals surface area contributed by atoms with Crippen molar-refractivity contribution in [2.45, 2.75) is 4.90 Å². The lowest BCUT2D eigenvalue weighted by molar-refractivity contribution is 0.584. The minimum Gasteiger partial charge on any atom is -0.200 e. The van der Waals surface area contributed by atoms with Crippen molar-refractivity contribution >= 4 is 16.2 Å². The summed E-state index contributed by atoms with van der Waals surface area (Å²) in [6.07, 6.45) is 1.46. The minimum atomic E-state index is -3.58. The molecule has 18 heavy (non-hydrogen) atoms. The fourth-order valence-corrected chi connectivity index (χ4v) is 2.17. The molecule has 0 unspecified atom stereocenters. The number of sulfonamides is 1. The maximum absolute atomic E-state index is 11.8. The third kappa shape index (κ3) is 3.18. The molecular formula is C13H12N2O2S. The third-order valence-corrected chi connectivity index (χ3v) is 3.48. The largest absolute Gasteiger partial charge is 0.276 e. The SMILES string of the molecule is O=S(=O)(NN=Cc1ccccc1)c1ccccc1. The standard InChI is InChI=1S/C13H12N2O2S/c16-18(17,13-9-5-2-6-10-13)15-14-11-12-7-3-1-4-8-12/h1-11,15H. The average molecular weight is 260 g/mol. The maximum atomic E-state index is 11.8. The summed E-state index contributed by atoms with van der Waals surface area (Å²) >= 11 is 0. The van der Waals surface area contributed by atoms with Gasteiger partial charge < -0.3 is 0 Å². The van der Waals surface area contributed by atoms with Crippen LogP contribution in [0.25, 0.3) is 0 Å². The highest BCUT2D eigenvalue weighted by Gasteiger charge is 2.10. The highest BCUT2D eigenvalue weighted by molar-refractivity contribution is 7.89. The Bertz CT molecular complexity index is 623. The molecule has 0 heterocycles. The Labute approximate surface area is 106 Å². The Morgan fingerprint density at radius 3 is 2.06 bits per heavy atom. The molecule has 0 radical (unpaired) electrons. The summed E-state index contributed by atoms with van der Waals surface area (Å²) < 4.78 is 23.6. The van der Waals surface area contributed by atoms with Gasteiger partial charge in [0.25, 0.3) is 10.0 Å². The first-order valence-corrected chi connectivity index (χ1v) is 6.82. The van der Waals surface area contributed by atoms with E-state index in [9.17, 15) is 8.42 Å². The van der Waals surface area contributed by atoms with E-state index in [1.807, 2.05) is 30.3 Å². The zero-order valence-corrected chi connectivity index (χ0v) is 10.3. The topological polar surface area (TPSA) is 58.5 Å². The van der Waals surface area contributed by atoms with Crippen molar-refractivity contribution < 1.29 is 8.42 Å². The van der Waals surface area contributed by atoms with Gasteiger partial charge >= 0.3 is 0 Å². The molecule has 0 saturated carbocycles. The molecule has 0 amide bonds. The maximum Gasteiger partial charge on any atom is 0.276 e. The summed E-state index contributed by atoms with van der Waals surface area (Å²) in [4.78, 5) is 2.36. The Morgan fingerprint density at radius 2 is 1.44 bits per heavy atom. The molecule has 0 saturated heterocycles. The summed E-state index contributed by atoms with van der Waals surface area (Å²) in [5.74, 6) is 0. The van der Waals surface area contributed by atoms with Crippen molar-refractivity contribution in [3.8, 4) is 0 Å². The molecule has 0 aromatic heterocycles. The molecule has 5 heteroatoms. The lowest BCUT2D eigenvalue weighted by Crippen LogP contribution is -2.18. The number of benzene rings is 2. The first kappa shape index (κ1) is 12.3. The van der Waals surface area contributed by atoms with Crippen LogP contribution < -0.4 is 4.83 Å². The quantitative estimate of drug-likeness (QED) is 0.675. The molecule has 0 atom stereocenters. The van der Waals surface area contributed by atoms with E-state index in [0.29, 0.717) is 0 Å². The summed E-state index contributed by atoms with van der Waals surface area (Å²) in [6, 6.07) is 17.4. The zero-order valence-electron chi connectivity index (χ0n) is 9.52. The molecule has 1 N–H and O–H groups in total. The van der Waals surface area contributed by atoms with E-state index in [2.05, 4.69) is 9.93 Å². The van der Waals surface area contributed by atoms with Gasteiger partial charge in [-0.1, -0.05) is 48.5 Å². The summed E-state index contributed by atoms with van der Waals surface area (Å²) in [7, 11) is -3.58. The van der Waals surface area contributed by atoms with Gasteiger partial charge in [-0.05, 0) is 17.7 Å². The summed E-state index contributed by atoms with van der Waals surface area (Å²) in [5, 5.41) is 3.73. The number of hydrazone groups is 1. The van der Waals surface area contributed by atoms with Gasteiger partial charge in [0.1, 0.15) is 0 Å². The fourth-order valence-electron chi connectivity index (χ4n) is 1.36. The van der Waals surface area contributed by atoms with Crippen LogP contribution in [0.5, 0.6) is 0 Å². The molecule has 0 bridgehead atoms. The fraction of sp³-hybridized carbons (Fsp3) is 0. The van der Waals surface area contributed by atoms with E-state index in [4.69, 9.17) is 0 Å². The second kappa shape index (κ2) is 5.46. The molecule has 0 fully saturated rings. The number of hydrogen-bond acceptors (Lipinski definition) is 3. The molecule has 2 rings (SSSR count). The molecule has 0 spiro atoms. The van der Waals surface area contributed by atoms with Crippen molar-refractivity contribution in [2.24, 2.45) is 5.10 Å². The first-order chi connectivity index (χ1) is 8.68. The summed E-state index contributed by atoms with van der Waals surface area (Å²) in [5.41, 5.74) is 0.827. The molecule has 2 aromatic rings. The van der Waals surface area contributed by atoms with Gasteiger partial charge in [-0.15, -0.1) is 0 Å². The predicted octanol–water partition coefficient (Wildman–Crippen LogP) is 2.00. The van der Waals surface area contributed by atoms with Crippen LogP contribution in [0.4, 0.5) is 0 Å². The van der Waals surface area contributed by atoms with Crippen molar-refractivity contribution in [3.63, 3.8) is 0 Å². The van der Waals surface area contributed by atoms with Gasteiger partial charge in [0, 0.05) is 0 Å². The molecule has 0 aliphatic rings. The molecule has 2 aromatic carbocycles. The van der Waals surface area contributed by atoms with Crippen molar-refractivity contribution in [2.75, 3.05) is 0 Å². The first-order valence-electron chi connectivity index (χ1n) is 5.33. The number of nitrogens with zero attached hydrogens (tertiary/aromatic N) is 1. The van der Waals surface area contributed by atoms with E-state index < -0.39 is 10.0 Å². The summed E-state index contributed by atoms with van der Waals surface area (Å²) in [6.45, 7) is 0. The van der Waals surface area contributed by atoms with E-state index in [1.165, 1.54) is 18.3 Å². The van der Waals surface area contributed by atoms with Gasteiger partial charge in [0.2, 0.25) is 0 Å². The van der Waals surface area contributed by atoms with Crippen LogP contribution >= 0.6 is 0 Å². The van der Waals surface area contributed by atoms with Crippen LogP contribution in [0.2, 0.25) is 0 Å². The van der Waals surface area contributed by atoms with Gasteiger partial charge in [0.05, 0.1) is 11.1 Å². The van der Waals surface area contributed by atoms with Crippen LogP contribution in [0, 0.1) is 0 Å². The second-order valence-corrected chi connectivity index (χ2v) is 5.24. The Hall–Kier alpha value is -2.14. The van der Waals surface area contributed by atoms with E-state index in [1.54, 1.807) is 18.2 Å². The van der Waals surface area contributed by atoms with Crippen LogP contribution in [0.15, 0.2) is 70.7 Å². The number of rotatable bonds is 4. The van der Waals surface area contributed by atoms with Crippen LogP contribution in [-0.2, 0) is 10.0 Å². The van der Waals surface area contributed by atoms with E-state index >= 15 is 0 Å². The Morgan fingerprint density at radius 1 is 0.889 bits per heavy atom. The van der Waals surface area contributed by atoms with Crippen molar-refractivity contribution in [1.29, 1.82) is 0 Å². The monoisotopic (exact) mass is 260 g/mol. The van der Waals surface area contributed by atoms with Crippen LogP contribution in [0.1, 0.15) is 5.56 Å². The van der Waals surface area contributed by atoms with E-state index in [0.717, 1.165) is 5.56 Å². The average Bonchev–Trinajstić information content (AvgIpc) is 2.41. The lowest BCUT2D eigenvalue weighted by atomic mass is 10.2. The smallest absolute Gasteiger partial charge is 0.200 e. The predicted molar refractivity (Wildman–Crippen MR) is 70.8 cm³/mol. The van der Waals surface area contributed by atoms with Crippen LogP contribution in [-0.4, -0.2) is 14.6 Å². The molecule has 4 nitrogen and oxygen atoms in total. The van der Waals surface area contributed by atoms with Gasteiger partial charge in [-0.25, -0.2) is 4.83 Å². The van der Waals surface area contributed by atoms with Crippen molar-refractivity contribution in [1.82, 2.24) is 4.83 Å². The van der Waals surface area contributed by atoms with Gasteiger partial charge in [-0.3, -0.25) is 0 Å². The zero-order chi connectivity index (χ0) is 12.8. The molecule has 0 aliphatic carbocycles. The van der Waals surface area contributed by atoms with Crippen molar-refractivity contribution in [3.05, 3.63) is 66.2 Å². The minimum absolute atomic E-state index is 0.190. The highest BCUT2D eigenvalue weighted by atomic mass is 32.2. The highest BCUT2D eigenvalue weighted by Crippen LogP contribution is 2.06. The second-order valence-electron chi connectivity index (χ2n) is 3.58. The van der Waals surface area contributed by atoms with Gasteiger partial charge in [0.15, 0.2) is 0 Å². The molecule has 0 aliphatic heterocycles. The van der Waals surface area contributed by atoms with E-state index in [-0.39, 0.29) is 4.90 Å². The molecule has 92 valence electrons. The van der Waals surface area contributed by atoms with Crippen LogP contribution in [0.3, 0.4) is 0 Å². The number of nitrogens with one attached hydrogen (secondary N) is 1. The Kier molecular flexibility index (Phi) is 3.74. The third-order valence-electron chi connectivity index (χ3n) is 2.24. The molecular weight excluding hydrogens is 248 g/mol. The number of hydrogen-bond donors (Lipinski definition) is 1. The normalized spacial score (nSPS) is 11.6.